The van der Waals surface area contributed by atoms with E-state index in [4.69, 9.17) is 4.74 Å². The lowest BCUT2D eigenvalue weighted by Gasteiger charge is -2.28. The molecular formula is C13H21N5O3. The van der Waals surface area contributed by atoms with Crippen molar-refractivity contribution < 1.29 is 9.66 Å². The molecule has 8 nitrogen and oxygen atoms in total. The van der Waals surface area contributed by atoms with Gasteiger partial charge in [0.05, 0.1) is 11.0 Å². The highest BCUT2D eigenvalue weighted by Crippen LogP contribution is 2.29. The van der Waals surface area contributed by atoms with E-state index < -0.39 is 4.92 Å². The third-order valence-electron chi connectivity index (χ3n) is 3.56. The number of anilines is 2. The Kier molecular flexibility index (Phi) is 4.89. The second-order valence-electron chi connectivity index (χ2n) is 5.18. The molecule has 1 fully saturated rings. The van der Waals surface area contributed by atoms with Crippen LogP contribution >= 0.6 is 0 Å². The minimum atomic E-state index is -0.428. The zero-order chi connectivity index (χ0) is 15.4. The molecule has 21 heavy (non-hydrogen) atoms. The van der Waals surface area contributed by atoms with E-state index in [0.717, 1.165) is 25.9 Å². The topological polar surface area (TPSA) is 93.4 Å². The zero-order valence-corrected chi connectivity index (χ0v) is 12.6. The van der Waals surface area contributed by atoms with Crippen molar-refractivity contribution in [3.63, 3.8) is 0 Å². The Morgan fingerprint density at radius 2 is 2.24 bits per heavy atom. The molecule has 1 unspecified atom stereocenters. The van der Waals surface area contributed by atoms with Crippen LogP contribution in [-0.2, 0) is 4.74 Å². The summed E-state index contributed by atoms with van der Waals surface area (Å²) in [4.78, 5) is 21.0. The lowest BCUT2D eigenvalue weighted by atomic mass is 10.1. The number of ether oxygens (including phenoxy) is 1. The molecule has 1 atom stereocenters. The molecule has 2 heterocycles. The third kappa shape index (κ3) is 3.57. The Labute approximate surface area is 123 Å². The number of nitrogens with zero attached hydrogens (tertiary/aromatic N) is 4. The van der Waals surface area contributed by atoms with Crippen LogP contribution in [0.25, 0.3) is 0 Å². The van der Waals surface area contributed by atoms with Gasteiger partial charge in [-0.15, -0.1) is 0 Å². The van der Waals surface area contributed by atoms with E-state index in [0.29, 0.717) is 24.0 Å². The van der Waals surface area contributed by atoms with Crippen molar-refractivity contribution in [2.75, 3.05) is 37.5 Å². The second kappa shape index (κ2) is 6.66. The summed E-state index contributed by atoms with van der Waals surface area (Å²) in [5, 5.41) is 14.1. The van der Waals surface area contributed by atoms with Crippen LogP contribution in [0, 0.1) is 17.0 Å². The monoisotopic (exact) mass is 295 g/mol. The first-order valence-electron chi connectivity index (χ1n) is 7.06. The SMILES string of the molecule is CNc1nc(C)c([N+](=O)[O-])c(N(C)CC2CCCCO2)n1. The van der Waals surface area contributed by atoms with Gasteiger partial charge in [0.25, 0.3) is 0 Å². The summed E-state index contributed by atoms with van der Waals surface area (Å²) in [6.07, 6.45) is 3.28. The standard InChI is InChI=1S/C13H21N5O3/c1-9-11(18(19)20)12(16-13(14-2)15-9)17(3)8-10-6-4-5-7-21-10/h10H,4-8H2,1-3H3,(H,14,15,16). The maximum absolute atomic E-state index is 11.3. The molecule has 2 rings (SSSR count). The molecule has 0 amide bonds. The highest BCUT2D eigenvalue weighted by atomic mass is 16.6. The summed E-state index contributed by atoms with van der Waals surface area (Å²) in [5.74, 6) is 0.704. The molecular weight excluding hydrogens is 274 g/mol. The number of hydrogen-bond donors (Lipinski definition) is 1. The summed E-state index contributed by atoms with van der Waals surface area (Å²) < 4.78 is 5.69. The summed E-state index contributed by atoms with van der Waals surface area (Å²) in [6.45, 7) is 2.96. The second-order valence-corrected chi connectivity index (χ2v) is 5.18. The van der Waals surface area contributed by atoms with Crippen LogP contribution < -0.4 is 10.2 Å². The minimum absolute atomic E-state index is 0.0488. The number of rotatable bonds is 5. The molecule has 1 saturated heterocycles. The van der Waals surface area contributed by atoms with E-state index in [1.807, 2.05) is 0 Å². The maximum Gasteiger partial charge on any atom is 0.332 e. The van der Waals surface area contributed by atoms with Gasteiger partial charge >= 0.3 is 5.69 Å². The Bertz CT molecular complexity index is 517. The van der Waals surface area contributed by atoms with Crippen molar-refractivity contribution in [1.29, 1.82) is 0 Å². The molecule has 0 radical (unpaired) electrons. The number of hydrogen-bond acceptors (Lipinski definition) is 7. The lowest BCUT2D eigenvalue weighted by Crippen LogP contribution is -2.34. The predicted molar refractivity (Wildman–Crippen MR) is 79.8 cm³/mol. The van der Waals surface area contributed by atoms with Gasteiger partial charge in [-0.25, -0.2) is 4.98 Å². The smallest absolute Gasteiger partial charge is 0.332 e. The molecule has 0 saturated carbocycles. The molecule has 116 valence electrons. The van der Waals surface area contributed by atoms with E-state index in [1.165, 1.54) is 0 Å². The average Bonchev–Trinajstić information content (AvgIpc) is 2.46. The zero-order valence-electron chi connectivity index (χ0n) is 12.6. The fourth-order valence-corrected chi connectivity index (χ4v) is 2.49. The molecule has 0 aromatic carbocycles. The van der Waals surface area contributed by atoms with E-state index in [9.17, 15) is 10.1 Å². The number of nitro groups is 1. The first-order valence-corrected chi connectivity index (χ1v) is 7.06. The van der Waals surface area contributed by atoms with Crippen LogP contribution in [-0.4, -0.2) is 48.2 Å². The molecule has 0 bridgehead atoms. The van der Waals surface area contributed by atoms with Gasteiger partial charge in [0.1, 0.15) is 5.69 Å². The van der Waals surface area contributed by atoms with Crippen molar-refractivity contribution in [3.05, 3.63) is 15.8 Å². The van der Waals surface area contributed by atoms with Gasteiger partial charge in [-0.05, 0) is 26.2 Å². The summed E-state index contributed by atoms with van der Waals surface area (Å²) in [7, 11) is 3.49. The van der Waals surface area contributed by atoms with Gasteiger partial charge in [-0.1, -0.05) is 0 Å². The predicted octanol–water partition coefficient (Wildman–Crippen LogP) is 1.74. The molecule has 1 aromatic heterocycles. The van der Waals surface area contributed by atoms with E-state index >= 15 is 0 Å². The Morgan fingerprint density at radius 3 is 2.81 bits per heavy atom. The number of aromatic nitrogens is 2. The van der Waals surface area contributed by atoms with Crippen LogP contribution in [0.4, 0.5) is 17.5 Å². The van der Waals surface area contributed by atoms with Crippen molar-refractivity contribution in [2.45, 2.75) is 32.3 Å². The lowest BCUT2D eigenvalue weighted by molar-refractivity contribution is -0.385. The van der Waals surface area contributed by atoms with Crippen molar-refractivity contribution in [3.8, 4) is 0 Å². The third-order valence-corrected chi connectivity index (χ3v) is 3.56. The molecule has 8 heteroatoms. The molecule has 0 aliphatic carbocycles. The number of nitrogens with one attached hydrogen (secondary N) is 1. The fourth-order valence-electron chi connectivity index (χ4n) is 2.49. The molecule has 0 spiro atoms. The van der Waals surface area contributed by atoms with Crippen LogP contribution in [0.15, 0.2) is 0 Å². The first-order chi connectivity index (χ1) is 10.0. The van der Waals surface area contributed by atoms with Gasteiger partial charge < -0.3 is 15.0 Å². The minimum Gasteiger partial charge on any atom is -0.376 e. The van der Waals surface area contributed by atoms with E-state index in [2.05, 4.69) is 15.3 Å². The van der Waals surface area contributed by atoms with Crippen LogP contribution in [0.1, 0.15) is 25.0 Å². The van der Waals surface area contributed by atoms with Crippen LogP contribution in [0.3, 0.4) is 0 Å². The Hall–Kier alpha value is -1.96. The van der Waals surface area contributed by atoms with Crippen molar-refractivity contribution in [1.82, 2.24) is 9.97 Å². The summed E-state index contributed by atoms with van der Waals surface area (Å²) in [5.41, 5.74) is 0.304. The van der Waals surface area contributed by atoms with Crippen molar-refractivity contribution >= 4 is 17.5 Å². The average molecular weight is 295 g/mol. The molecule has 1 aromatic rings. The van der Waals surface area contributed by atoms with E-state index in [-0.39, 0.29) is 11.8 Å². The van der Waals surface area contributed by atoms with Gasteiger partial charge in [0.15, 0.2) is 0 Å². The van der Waals surface area contributed by atoms with Gasteiger partial charge in [0, 0.05) is 27.2 Å². The van der Waals surface area contributed by atoms with E-state index in [1.54, 1.807) is 25.9 Å². The number of aryl methyl sites for hydroxylation is 1. The van der Waals surface area contributed by atoms with Gasteiger partial charge in [0.2, 0.25) is 11.8 Å². The fraction of sp³-hybridized carbons (Fsp3) is 0.692. The highest BCUT2D eigenvalue weighted by Gasteiger charge is 2.26. The van der Waals surface area contributed by atoms with Crippen molar-refractivity contribution in [2.24, 2.45) is 0 Å². The normalized spacial score (nSPS) is 18.3. The number of likely N-dealkylation sites (N-methyl/N-ethyl adjacent to an activating group) is 1. The summed E-state index contributed by atoms with van der Waals surface area (Å²) >= 11 is 0. The highest BCUT2D eigenvalue weighted by molar-refractivity contribution is 5.62. The van der Waals surface area contributed by atoms with Gasteiger partial charge in [-0.2, -0.15) is 4.98 Å². The Balaban J connectivity index is 2.26. The summed E-state index contributed by atoms with van der Waals surface area (Å²) in [6, 6.07) is 0. The molecule has 1 aliphatic rings. The molecule has 1 N–H and O–H groups in total. The van der Waals surface area contributed by atoms with Crippen LogP contribution in [0.5, 0.6) is 0 Å². The Morgan fingerprint density at radius 1 is 1.48 bits per heavy atom. The largest absolute Gasteiger partial charge is 0.376 e. The quantitative estimate of drug-likeness (QED) is 0.653. The molecule has 1 aliphatic heterocycles. The first kappa shape index (κ1) is 15.4. The maximum atomic E-state index is 11.3. The van der Waals surface area contributed by atoms with Gasteiger partial charge in [-0.3, -0.25) is 10.1 Å². The van der Waals surface area contributed by atoms with Crippen LogP contribution in [0.2, 0.25) is 0 Å².